The molecule has 1 aromatic heterocycles. The molecule has 0 saturated heterocycles. The summed E-state index contributed by atoms with van der Waals surface area (Å²) in [7, 11) is 0. The Bertz CT molecular complexity index is 552. The number of nitrogens with zero attached hydrogens (tertiary/aromatic N) is 1. The van der Waals surface area contributed by atoms with Crippen molar-refractivity contribution in [2.45, 2.75) is 13.5 Å². The second-order valence-corrected chi connectivity index (χ2v) is 4.08. The zero-order valence-corrected chi connectivity index (χ0v) is 10.2. The number of hydrogen-bond donors (Lipinski definition) is 2. The zero-order valence-electron chi connectivity index (χ0n) is 10.2. The molecule has 0 aliphatic carbocycles. The van der Waals surface area contributed by atoms with Crippen molar-refractivity contribution < 1.29 is 4.79 Å². The Morgan fingerprint density at radius 1 is 1.33 bits per heavy atom. The van der Waals surface area contributed by atoms with E-state index in [-0.39, 0.29) is 5.91 Å². The third-order valence-electron chi connectivity index (χ3n) is 2.69. The third-order valence-corrected chi connectivity index (χ3v) is 2.69. The molecule has 92 valence electrons. The van der Waals surface area contributed by atoms with Crippen molar-refractivity contribution in [1.82, 2.24) is 10.3 Å². The van der Waals surface area contributed by atoms with Crippen molar-refractivity contribution in [3.8, 4) is 0 Å². The first-order valence-electron chi connectivity index (χ1n) is 5.71. The fraction of sp³-hybridized carbons (Fsp3) is 0.143. The summed E-state index contributed by atoms with van der Waals surface area (Å²) in [6, 6.07) is 10.8. The van der Waals surface area contributed by atoms with Gasteiger partial charge in [-0.25, -0.2) is 0 Å². The SMILES string of the molecule is Cc1cc(C(=O)NCc2ccccn2)ccc1N. The first kappa shape index (κ1) is 12.1. The van der Waals surface area contributed by atoms with Gasteiger partial charge in [0.2, 0.25) is 0 Å². The highest BCUT2D eigenvalue weighted by molar-refractivity contribution is 5.94. The standard InChI is InChI=1S/C14H15N3O/c1-10-8-11(5-6-13(10)15)14(18)17-9-12-4-2-3-7-16-12/h2-8H,9,15H2,1H3,(H,17,18). The van der Waals surface area contributed by atoms with Gasteiger partial charge < -0.3 is 11.1 Å². The number of benzene rings is 1. The molecule has 4 heteroatoms. The number of nitrogens with two attached hydrogens (primary N) is 1. The molecule has 0 fully saturated rings. The highest BCUT2D eigenvalue weighted by Crippen LogP contribution is 2.12. The molecule has 0 bridgehead atoms. The van der Waals surface area contributed by atoms with Gasteiger partial charge in [0, 0.05) is 17.4 Å². The largest absolute Gasteiger partial charge is 0.399 e. The van der Waals surface area contributed by atoms with E-state index in [0.717, 1.165) is 11.3 Å². The predicted molar refractivity (Wildman–Crippen MR) is 71.0 cm³/mol. The van der Waals surface area contributed by atoms with E-state index in [1.54, 1.807) is 24.4 Å². The van der Waals surface area contributed by atoms with Crippen LogP contribution in [0.15, 0.2) is 42.6 Å². The number of rotatable bonds is 3. The maximum Gasteiger partial charge on any atom is 0.251 e. The molecule has 0 saturated carbocycles. The number of amides is 1. The van der Waals surface area contributed by atoms with Crippen LogP contribution in [0.25, 0.3) is 0 Å². The summed E-state index contributed by atoms with van der Waals surface area (Å²) in [5.41, 5.74) is 8.75. The fourth-order valence-electron chi connectivity index (χ4n) is 1.59. The smallest absolute Gasteiger partial charge is 0.251 e. The molecule has 0 atom stereocenters. The van der Waals surface area contributed by atoms with Crippen LogP contribution < -0.4 is 11.1 Å². The van der Waals surface area contributed by atoms with Gasteiger partial charge in [0.15, 0.2) is 0 Å². The maximum absolute atomic E-state index is 11.9. The summed E-state index contributed by atoms with van der Waals surface area (Å²) in [6.45, 7) is 2.30. The van der Waals surface area contributed by atoms with E-state index in [1.807, 2.05) is 25.1 Å². The van der Waals surface area contributed by atoms with Crippen LogP contribution in [0.1, 0.15) is 21.6 Å². The molecule has 0 unspecified atom stereocenters. The third kappa shape index (κ3) is 2.85. The van der Waals surface area contributed by atoms with Gasteiger partial charge in [-0.2, -0.15) is 0 Å². The van der Waals surface area contributed by atoms with E-state index in [0.29, 0.717) is 17.8 Å². The first-order valence-corrected chi connectivity index (χ1v) is 5.71. The van der Waals surface area contributed by atoms with Crippen molar-refractivity contribution in [3.63, 3.8) is 0 Å². The summed E-state index contributed by atoms with van der Waals surface area (Å²) in [6.07, 6.45) is 1.70. The van der Waals surface area contributed by atoms with Crippen LogP contribution in [0.4, 0.5) is 5.69 Å². The molecule has 3 N–H and O–H groups in total. The predicted octanol–water partition coefficient (Wildman–Crippen LogP) is 1.90. The Balaban J connectivity index is 2.02. The molecule has 2 rings (SSSR count). The highest BCUT2D eigenvalue weighted by atomic mass is 16.1. The van der Waals surface area contributed by atoms with Gasteiger partial charge in [-0.3, -0.25) is 9.78 Å². The van der Waals surface area contributed by atoms with E-state index < -0.39 is 0 Å². The second kappa shape index (κ2) is 5.31. The molecule has 0 radical (unpaired) electrons. The minimum Gasteiger partial charge on any atom is -0.399 e. The van der Waals surface area contributed by atoms with Crippen LogP contribution in [-0.4, -0.2) is 10.9 Å². The van der Waals surface area contributed by atoms with Crippen molar-refractivity contribution >= 4 is 11.6 Å². The molecule has 2 aromatic rings. The average Bonchev–Trinajstić information content (AvgIpc) is 2.40. The van der Waals surface area contributed by atoms with Crippen LogP contribution in [-0.2, 0) is 6.54 Å². The molecular weight excluding hydrogens is 226 g/mol. The zero-order chi connectivity index (χ0) is 13.0. The second-order valence-electron chi connectivity index (χ2n) is 4.08. The number of nitrogens with one attached hydrogen (secondary N) is 1. The Labute approximate surface area is 106 Å². The van der Waals surface area contributed by atoms with Crippen molar-refractivity contribution in [1.29, 1.82) is 0 Å². The Kier molecular flexibility index (Phi) is 3.57. The number of carbonyl (C=O) groups is 1. The Hall–Kier alpha value is -2.36. The number of aromatic nitrogens is 1. The van der Waals surface area contributed by atoms with Gasteiger partial charge in [-0.15, -0.1) is 0 Å². The molecule has 0 spiro atoms. The van der Waals surface area contributed by atoms with E-state index >= 15 is 0 Å². The van der Waals surface area contributed by atoms with Crippen molar-refractivity contribution in [3.05, 3.63) is 59.4 Å². The molecule has 18 heavy (non-hydrogen) atoms. The Morgan fingerprint density at radius 2 is 2.17 bits per heavy atom. The summed E-state index contributed by atoms with van der Waals surface area (Å²) >= 11 is 0. The summed E-state index contributed by atoms with van der Waals surface area (Å²) in [5.74, 6) is -0.122. The molecule has 0 aliphatic heterocycles. The van der Waals surface area contributed by atoms with Crippen LogP contribution >= 0.6 is 0 Å². The lowest BCUT2D eigenvalue weighted by Gasteiger charge is -2.06. The number of pyridine rings is 1. The minimum atomic E-state index is -0.122. The van der Waals surface area contributed by atoms with Gasteiger partial charge in [-0.1, -0.05) is 6.07 Å². The number of carbonyl (C=O) groups excluding carboxylic acids is 1. The van der Waals surface area contributed by atoms with Gasteiger partial charge in [0.05, 0.1) is 12.2 Å². The summed E-state index contributed by atoms with van der Waals surface area (Å²) in [5, 5.41) is 2.82. The van der Waals surface area contributed by atoms with Gasteiger partial charge in [0.25, 0.3) is 5.91 Å². The fourth-order valence-corrected chi connectivity index (χ4v) is 1.59. The average molecular weight is 241 g/mol. The number of nitrogen functional groups attached to an aromatic ring is 1. The van der Waals surface area contributed by atoms with E-state index in [2.05, 4.69) is 10.3 Å². The molecular formula is C14H15N3O. The van der Waals surface area contributed by atoms with Crippen LogP contribution in [0.2, 0.25) is 0 Å². The number of aryl methyl sites for hydroxylation is 1. The van der Waals surface area contributed by atoms with Crippen molar-refractivity contribution in [2.24, 2.45) is 0 Å². The lowest BCUT2D eigenvalue weighted by Crippen LogP contribution is -2.23. The lowest BCUT2D eigenvalue weighted by atomic mass is 10.1. The molecule has 1 aromatic carbocycles. The molecule has 4 nitrogen and oxygen atoms in total. The lowest BCUT2D eigenvalue weighted by molar-refractivity contribution is 0.0950. The molecule has 0 aliphatic rings. The van der Waals surface area contributed by atoms with Gasteiger partial charge in [-0.05, 0) is 42.8 Å². The topological polar surface area (TPSA) is 68.0 Å². The number of hydrogen-bond acceptors (Lipinski definition) is 3. The normalized spacial score (nSPS) is 10.1. The van der Waals surface area contributed by atoms with Crippen molar-refractivity contribution in [2.75, 3.05) is 5.73 Å². The summed E-state index contributed by atoms with van der Waals surface area (Å²) in [4.78, 5) is 16.0. The Morgan fingerprint density at radius 3 is 2.83 bits per heavy atom. The quantitative estimate of drug-likeness (QED) is 0.806. The maximum atomic E-state index is 11.9. The van der Waals surface area contributed by atoms with E-state index in [4.69, 9.17) is 5.73 Å². The van der Waals surface area contributed by atoms with Crippen LogP contribution in [0, 0.1) is 6.92 Å². The van der Waals surface area contributed by atoms with E-state index in [1.165, 1.54) is 0 Å². The van der Waals surface area contributed by atoms with Gasteiger partial charge >= 0.3 is 0 Å². The first-order chi connectivity index (χ1) is 8.66. The van der Waals surface area contributed by atoms with Crippen LogP contribution in [0.5, 0.6) is 0 Å². The molecule has 1 amide bonds. The number of anilines is 1. The highest BCUT2D eigenvalue weighted by Gasteiger charge is 2.06. The summed E-state index contributed by atoms with van der Waals surface area (Å²) < 4.78 is 0. The molecule has 1 heterocycles. The monoisotopic (exact) mass is 241 g/mol. The van der Waals surface area contributed by atoms with Gasteiger partial charge in [0.1, 0.15) is 0 Å². The minimum absolute atomic E-state index is 0.122. The van der Waals surface area contributed by atoms with Crippen LogP contribution in [0.3, 0.4) is 0 Å². The van der Waals surface area contributed by atoms with E-state index in [9.17, 15) is 4.79 Å².